The summed E-state index contributed by atoms with van der Waals surface area (Å²) < 4.78 is 65.8. The van der Waals surface area contributed by atoms with Crippen LogP contribution in [-0.4, -0.2) is 12.7 Å². The summed E-state index contributed by atoms with van der Waals surface area (Å²) in [6.45, 7) is 6.87. The Morgan fingerprint density at radius 3 is 2.18 bits per heavy atom. The van der Waals surface area contributed by atoms with Crippen LogP contribution in [0, 0.1) is 29.2 Å². The molecule has 1 nitrogen and oxygen atoms in total. The molecular weight excluding hydrogens is 428 g/mol. The highest BCUT2D eigenvalue weighted by Gasteiger charge is 2.32. The molecule has 2 aromatic rings. The minimum Gasteiger partial charge on any atom is -0.378 e. The van der Waals surface area contributed by atoms with Crippen molar-refractivity contribution >= 4 is 0 Å². The fraction of sp³-hybridized carbons (Fsp3) is 0.571. The van der Waals surface area contributed by atoms with E-state index in [0.717, 1.165) is 32.3 Å². The average molecular weight is 463 g/mol. The van der Waals surface area contributed by atoms with Gasteiger partial charge in [0.2, 0.25) is 0 Å². The summed E-state index contributed by atoms with van der Waals surface area (Å²) in [7, 11) is 0. The molecule has 2 aliphatic rings. The molecule has 1 heterocycles. The minimum absolute atomic E-state index is 0.0954. The van der Waals surface area contributed by atoms with E-state index in [2.05, 4.69) is 6.92 Å². The van der Waals surface area contributed by atoms with E-state index in [9.17, 15) is 8.78 Å². The summed E-state index contributed by atoms with van der Waals surface area (Å²) in [6.07, 6.45) is 7.14. The number of halogens is 4. The summed E-state index contributed by atoms with van der Waals surface area (Å²) in [4.78, 5) is 0. The fourth-order valence-electron chi connectivity index (χ4n) is 5.52. The van der Waals surface area contributed by atoms with Gasteiger partial charge in [0, 0.05) is 17.7 Å². The maximum absolute atomic E-state index is 15.1. The number of hydrogen-bond acceptors (Lipinski definition) is 1. The molecule has 1 saturated heterocycles. The Labute approximate surface area is 194 Å². The molecule has 5 heteroatoms. The highest BCUT2D eigenvalue weighted by atomic mass is 19.2. The molecule has 0 bridgehead atoms. The molecule has 0 N–H and O–H groups in total. The lowest BCUT2D eigenvalue weighted by Crippen LogP contribution is -2.24. The maximum atomic E-state index is 15.1. The molecule has 33 heavy (non-hydrogen) atoms. The second-order valence-electron chi connectivity index (χ2n) is 9.90. The lowest BCUT2D eigenvalue weighted by atomic mass is 9.90. The van der Waals surface area contributed by atoms with Crippen molar-refractivity contribution in [3.63, 3.8) is 0 Å². The molecule has 2 aromatic carbocycles. The van der Waals surface area contributed by atoms with Crippen molar-refractivity contribution in [2.24, 2.45) is 5.92 Å². The third kappa shape index (κ3) is 4.71. The number of rotatable bonds is 8. The van der Waals surface area contributed by atoms with Gasteiger partial charge in [-0.3, -0.25) is 0 Å². The SMILES string of the molecule is CCC(CC)c1cc2c(c(F)c1F)-c1c(cc(CCCCC3CCC(C)CO3)c(F)c1F)C2. The minimum atomic E-state index is -1.06. The topological polar surface area (TPSA) is 9.23 Å². The van der Waals surface area contributed by atoms with Gasteiger partial charge in [-0.25, -0.2) is 17.6 Å². The summed E-state index contributed by atoms with van der Waals surface area (Å²) >= 11 is 0. The van der Waals surface area contributed by atoms with E-state index in [1.807, 2.05) is 13.8 Å². The van der Waals surface area contributed by atoms with Gasteiger partial charge in [-0.2, -0.15) is 0 Å². The van der Waals surface area contributed by atoms with Crippen LogP contribution in [0.2, 0.25) is 0 Å². The molecular formula is C28H34F4O. The van der Waals surface area contributed by atoms with Crippen LogP contribution < -0.4 is 0 Å². The zero-order valence-electron chi connectivity index (χ0n) is 19.9. The van der Waals surface area contributed by atoms with Crippen LogP contribution in [0.3, 0.4) is 0 Å². The standard InChI is InChI=1S/C28H34F4O/c1-4-17(5-2)22-14-20-13-19-12-18(8-6-7-9-21-11-10-16(3)15-33-21)25(29)27(31)23(19)24(20)28(32)26(22)30/h12,14,16-17,21H,4-11,13,15H2,1-3H3. The summed E-state index contributed by atoms with van der Waals surface area (Å²) in [5.74, 6) is -3.47. The Balaban J connectivity index is 1.52. The third-order valence-electron chi connectivity index (χ3n) is 7.56. The molecule has 1 fully saturated rings. The van der Waals surface area contributed by atoms with Crippen molar-refractivity contribution in [2.45, 2.75) is 90.6 Å². The first-order chi connectivity index (χ1) is 15.8. The van der Waals surface area contributed by atoms with Crippen molar-refractivity contribution in [1.82, 2.24) is 0 Å². The fourth-order valence-corrected chi connectivity index (χ4v) is 5.52. The van der Waals surface area contributed by atoms with Gasteiger partial charge in [0.05, 0.1) is 6.10 Å². The number of hydrogen-bond donors (Lipinski definition) is 0. The number of fused-ring (bicyclic) bond motifs is 3. The number of unbranched alkanes of at least 4 members (excludes halogenated alkanes) is 1. The van der Waals surface area contributed by atoms with E-state index in [1.54, 1.807) is 12.1 Å². The van der Waals surface area contributed by atoms with Crippen molar-refractivity contribution in [2.75, 3.05) is 6.61 Å². The van der Waals surface area contributed by atoms with Crippen molar-refractivity contribution < 1.29 is 22.3 Å². The molecule has 4 rings (SSSR count). The number of ether oxygens (including phenoxy) is 1. The highest BCUT2D eigenvalue weighted by molar-refractivity contribution is 5.79. The lowest BCUT2D eigenvalue weighted by Gasteiger charge is -2.26. The Kier molecular flexibility index (Phi) is 7.47. The van der Waals surface area contributed by atoms with Gasteiger partial charge in [-0.1, -0.05) is 39.3 Å². The van der Waals surface area contributed by atoms with Crippen molar-refractivity contribution in [3.8, 4) is 11.1 Å². The van der Waals surface area contributed by atoms with Crippen LogP contribution in [0.1, 0.15) is 93.9 Å². The number of benzene rings is 2. The maximum Gasteiger partial charge on any atom is 0.167 e. The summed E-state index contributed by atoms with van der Waals surface area (Å²) in [5, 5.41) is 0. The van der Waals surface area contributed by atoms with Crippen LogP contribution in [-0.2, 0) is 17.6 Å². The van der Waals surface area contributed by atoms with Crippen LogP contribution in [0.5, 0.6) is 0 Å². The van der Waals surface area contributed by atoms with Crippen LogP contribution in [0.25, 0.3) is 11.1 Å². The summed E-state index contributed by atoms with van der Waals surface area (Å²) in [5.41, 5.74) is 1.53. The van der Waals surface area contributed by atoms with Gasteiger partial charge >= 0.3 is 0 Å². The third-order valence-corrected chi connectivity index (χ3v) is 7.56. The van der Waals surface area contributed by atoms with E-state index in [0.29, 0.717) is 53.9 Å². The molecule has 180 valence electrons. The van der Waals surface area contributed by atoms with E-state index in [-0.39, 0.29) is 23.1 Å². The first-order valence-corrected chi connectivity index (χ1v) is 12.5. The van der Waals surface area contributed by atoms with Gasteiger partial charge in [0.1, 0.15) is 0 Å². The highest BCUT2D eigenvalue weighted by Crippen LogP contribution is 2.44. The quantitative estimate of drug-likeness (QED) is 0.242. The Hall–Kier alpha value is -1.88. The van der Waals surface area contributed by atoms with E-state index >= 15 is 8.78 Å². The predicted octanol–water partition coefficient (Wildman–Crippen LogP) is 8.25. The second-order valence-corrected chi connectivity index (χ2v) is 9.90. The Bertz CT molecular complexity index is 1000. The van der Waals surface area contributed by atoms with E-state index in [4.69, 9.17) is 4.74 Å². The smallest absolute Gasteiger partial charge is 0.167 e. The van der Waals surface area contributed by atoms with E-state index in [1.165, 1.54) is 6.42 Å². The van der Waals surface area contributed by atoms with Crippen LogP contribution >= 0.6 is 0 Å². The van der Waals surface area contributed by atoms with Crippen molar-refractivity contribution in [1.29, 1.82) is 0 Å². The average Bonchev–Trinajstić information content (AvgIpc) is 3.18. The van der Waals surface area contributed by atoms with Gasteiger partial charge < -0.3 is 4.74 Å². The molecule has 0 saturated carbocycles. The monoisotopic (exact) mass is 462 g/mol. The lowest BCUT2D eigenvalue weighted by molar-refractivity contribution is -0.0161. The largest absolute Gasteiger partial charge is 0.378 e. The van der Waals surface area contributed by atoms with Gasteiger partial charge in [-0.15, -0.1) is 0 Å². The Morgan fingerprint density at radius 2 is 1.55 bits per heavy atom. The number of aryl methyl sites for hydroxylation is 1. The van der Waals surface area contributed by atoms with Crippen molar-refractivity contribution in [3.05, 3.63) is 57.7 Å². The normalized spacial score (nSPS) is 19.8. The Morgan fingerprint density at radius 1 is 0.879 bits per heavy atom. The zero-order chi connectivity index (χ0) is 23.7. The molecule has 1 aliphatic heterocycles. The zero-order valence-corrected chi connectivity index (χ0v) is 19.9. The molecule has 2 unspecified atom stereocenters. The van der Waals surface area contributed by atoms with Crippen LogP contribution in [0.4, 0.5) is 17.6 Å². The molecule has 0 spiro atoms. The van der Waals surface area contributed by atoms with Crippen LogP contribution in [0.15, 0.2) is 12.1 Å². The summed E-state index contributed by atoms with van der Waals surface area (Å²) in [6, 6.07) is 3.31. The van der Waals surface area contributed by atoms with Gasteiger partial charge in [0.25, 0.3) is 0 Å². The molecule has 0 amide bonds. The molecule has 0 aromatic heterocycles. The van der Waals surface area contributed by atoms with Gasteiger partial charge in [-0.05, 0) is 85.5 Å². The molecule has 0 radical (unpaired) electrons. The first kappa shape index (κ1) is 24.3. The second kappa shape index (κ2) is 10.2. The predicted molar refractivity (Wildman–Crippen MR) is 124 cm³/mol. The molecule has 1 aliphatic carbocycles. The van der Waals surface area contributed by atoms with E-state index < -0.39 is 23.3 Å². The molecule has 2 atom stereocenters. The van der Waals surface area contributed by atoms with Gasteiger partial charge in [0.15, 0.2) is 23.3 Å². The first-order valence-electron chi connectivity index (χ1n) is 12.5.